The van der Waals surface area contributed by atoms with Crippen molar-refractivity contribution in [3.05, 3.63) is 39.6 Å². The molecule has 108 valence electrons. The van der Waals surface area contributed by atoms with E-state index >= 15 is 0 Å². The van der Waals surface area contributed by atoms with Gasteiger partial charge in [0.2, 0.25) is 0 Å². The van der Waals surface area contributed by atoms with Crippen LogP contribution in [0.3, 0.4) is 0 Å². The molecule has 0 bridgehead atoms. The van der Waals surface area contributed by atoms with Gasteiger partial charge in [-0.3, -0.25) is 0 Å². The summed E-state index contributed by atoms with van der Waals surface area (Å²) in [5, 5.41) is 5.55. The monoisotopic (exact) mass is 301 g/mol. The fraction of sp³-hybridized carbons (Fsp3) is 0.308. The number of hydrogen-bond donors (Lipinski definition) is 2. The molecule has 0 radical (unpaired) electrons. The minimum atomic E-state index is -4.38. The summed E-state index contributed by atoms with van der Waals surface area (Å²) in [6.07, 6.45) is -4.38. The van der Waals surface area contributed by atoms with Gasteiger partial charge in [-0.05, 0) is 31.2 Å². The highest BCUT2D eigenvalue weighted by Gasteiger charge is 2.31. The van der Waals surface area contributed by atoms with Crippen LogP contribution in [0.5, 0.6) is 0 Å². The first-order valence-electron chi connectivity index (χ1n) is 5.94. The molecule has 7 heteroatoms. The van der Waals surface area contributed by atoms with Crippen molar-refractivity contribution in [2.45, 2.75) is 19.6 Å². The molecular formula is C13H14F3N3S. The predicted molar refractivity (Wildman–Crippen MR) is 75.2 cm³/mol. The Bertz CT molecular complexity index is 593. The van der Waals surface area contributed by atoms with E-state index in [0.717, 1.165) is 21.9 Å². The number of nitrogens with one attached hydrogen (secondary N) is 2. The smallest absolute Gasteiger partial charge is 0.373 e. The van der Waals surface area contributed by atoms with E-state index in [9.17, 15) is 13.2 Å². The van der Waals surface area contributed by atoms with Crippen LogP contribution in [0.2, 0.25) is 0 Å². The molecule has 2 heterocycles. The van der Waals surface area contributed by atoms with Gasteiger partial charge in [0.1, 0.15) is 11.6 Å². The fourth-order valence-corrected chi connectivity index (χ4v) is 2.50. The Labute approximate surface area is 118 Å². The largest absolute Gasteiger partial charge is 0.416 e. The Morgan fingerprint density at radius 3 is 2.45 bits per heavy atom. The van der Waals surface area contributed by atoms with Gasteiger partial charge in [0.15, 0.2) is 0 Å². The molecule has 2 rings (SSSR count). The van der Waals surface area contributed by atoms with E-state index in [4.69, 9.17) is 0 Å². The van der Waals surface area contributed by atoms with Crippen molar-refractivity contribution in [2.24, 2.45) is 0 Å². The van der Waals surface area contributed by atoms with Gasteiger partial charge < -0.3 is 10.6 Å². The minimum absolute atomic E-state index is 0.185. The van der Waals surface area contributed by atoms with Crippen molar-refractivity contribution >= 4 is 23.0 Å². The van der Waals surface area contributed by atoms with Crippen LogP contribution in [0.25, 0.3) is 0 Å². The fourth-order valence-electron chi connectivity index (χ4n) is 1.67. The summed E-state index contributed by atoms with van der Waals surface area (Å²) >= 11 is 1.60. The highest BCUT2D eigenvalue weighted by Crippen LogP contribution is 2.32. The standard InChI is InChI=1S/C13H14F3N3S/c1-8-3-4-10(20-8)7-18-12-6-9(13(14,15)16)5-11(17-2)19-12/h3-6H,7H2,1-2H3,(H2,17,18,19). The summed E-state index contributed by atoms with van der Waals surface area (Å²) in [4.78, 5) is 6.28. The highest BCUT2D eigenvalue weighted by molar-refractivity contribution is 7.11. The lowest BCUT2D eigenvalue weighted by Gasteiger charge is -2.12. The SMILES string of the molecule is CNc1cc(C(F)(F)F)cc(NCc2ccc(C)s2)n1. The van der Waals surface area contributed by atoms with Crippen LogP contribution in [-0.2, 0) is 12.7 Å². The second-order valence-electron chi connectivity index (χ2n) is 4.24. The molecule has 0 unspecified atom stereocenters. The number of halogens is 3. The minimum Gasteiger partial charge on any atom is -0.373 e. The first-order chi connectivity index (χ1) is 9.38. The molecule has 0 aromatic carbocycles. The van der Waals surface area contributed by atoms with Crippen molar-refractivity contribution in [2.75, 3.05) is 17.7 Å². The zero-order valence-corrected chi connectivity index (χ0v) is 11.8. The van der Waals surface area contributed by atoms with E-state index in [1.54, 1.807) is 11.3 Å². The van der Waals surface area contributed by atoms with Gasteiger partial charge in [0.25, 0.3) is 0 Å². The van der Waals surface area contributed by atoms with E-state index in [-0.39, 0.29) is 11.6 Å². The van der Waals surface area contributed by atoms with E-state index in [2.05, 4.69) is 15.6 Å². The van der Waals surface area contributed by atoms with Crippen molar-refractivity contribution in [3.8, 4) is 0 Å². The summed E-state index contributed by atoms with van der Waals surface area (Å²) in [7, 11) is 1.54. The van der Waals surface area contributed by atoms with Gasteiger partial charge in [0.05, 0.1) is 12.1 Å². The number of nitrogens with zero attached hydrogens (tertiary/aromatic N) is 1. The molecule has 0 aliphatic heterocycles. The lowest BCUT2D eigenvalue weighted by atomic mass is 10.2. The van der Waals surface area contributed by atoms with Crippen LogP contribution in [0.1, 0.15) is 15.3 Å². The van der Waals surface area contributed by atoms with Gasteiger partial charge in [-0.25, -0.2) is 4.98 Å². The number of pyridine rings is 1. The van der Waals surface area contributed by atoms with Crippen LogP contribution in [0.4, 0.5) is 24.8 Å². The molecule has 0 spiro atoms. The lowest BCUT2D eigenvalue weighted by Crippen LogP contribution is -2.09. The number of hydrogen-bond acceptors (Lipinski definition) is 4. The third kappa shape index (κ3) is 3.63. The second-order valence-corrected chi connectivity index (χ2v) is 5.61. The Hall–Kier alpha value is -1.76. The molecule has 3 nitrogen and oxygen atoms in total. The highest BCUT2D eigenvalue weighted by atomic mass is 32.1. The van der Waals surface area contributed by atoms with Gasteiger partial charge >= 0.3 is 6.18 Å². The van der Waals surface area contributed by atoms with Crippen molar-refractivity contribution in [1.29, 1.82) is 0 Å². The average molecular weight is 301 g/mol. The van der Waals surface area contributed by atoms with E-state index in [1.165, 1.54) is 7.05 Å². The molecule has 0 saturated carbocycles. The van der Waals surface area contributed by atoms with Gasteiger partial charge in [-0.1, -0.05) is 0 Å². The van der Waals surface area contributed by atoms with Crippen LogP contribution in [0.15, 0.2) is 24.3 Å². The quantitative estimate of drug-likeness (QED) is 0.892. The average Bonchev–Trinajstić information content (AvgIpc) is 2.81. The topological polar surface area (TPSA) is 37.0 Å². The summed E-state index contributed by atoms with van der Waals surface area (Å²) in [6.45, 7) is 2.44. The Morgan fingerprint density at radius 1 is 1.20 bits per heavy atom. The van der Waals surface area contributed by atoms with Crippen molar-refractivity contribution in [1.82, 2.24) is 4.98 Å². The molecule has 0 aliphatic rings. The maximum absolute atomic E-state index is 12.8. The van der Waals surface area contributed by atoms with Crippen molar-refractivity contribution in [3.63, 3.8) is 0 Å². The van der Waals surface area contributed by atoms with Crippen molar-refractivity contribution < 1.29 is 13.2 Å². The summed E-state index contributed by atoms with van der Waals surface area (Å²) in [5.74, 6) is 0.389. The molecule has 2 aromatic rings. The molecule has 20 heavy (non-hydrogen) atoms. The Morgan fingerprint density at radius 2 is 1.90 bits per heavy atom. The number of rotatable bonds is 4. The molecule has 2 N–H and O–H groups in total. The lowest BCUT2D eigenvalue weighted by molar-refractivity contribution is -0.137. The second kappa shape index (κ2) is 5.70. The van der Waals surface area contributed by atoms with Gasteiger partial charge in [0, 0.05) is 16.8 Å². The van der Waals surface area contributed by atoms with E-state index in [0.29, 0.717) is 6.54 Å². The molecule has 2 aromatic heterocycles. The first-order valence-corrected chi connectivity index (χ1v) is 6.76. The number of alkyl halides is 3. The molecule has 0 saturated heterocycles. The zero-order valence-electron chi connectivity index (χ0n) is 11.0. The molecule has 0 aliphatic carbocycles. The predicted octanol–water partition coefficient (Wildman–Crippen LogP) is 4.12. The number of aryl methyl sites for hydroxylation is 1. The van der Waals surface area contributed by atoms with Crippen LogP contribution >= 0.6 is 11.3 Å². The molecule has 0 atom stereocenters. The third-order valence-corrected chi connectivity index (χ3v) is 3.65. The number of anilines is 2. The zero-order chi connectivity index (χ0) is 14.8. The summed E-state index contributed by atoms with van der Waals surface area (Å²) in [6, 6.07) is 5.92. The normalized spacial score (nSPS) is 11.4. The number of aromatic nitrogens is 1. The maximum atomic E-state index is 12.8. The van der Waals surface area contributed by atoms with E-state index < -0.39 is 11.7 Å². The Balaban J connectivity index is 2.18. The van der Waals surface area contributed by atoms with E-state index in [1.807, 2.05) is 19.1 Å². The molecule has 0 amide bonds. The third-order valence-electron chi connectivity index (χ3n) is 2.65. The molecule has 0 fully saturated rings. The van der Waals surface area contributed by atoms with Crippen LogP contribution in [0, 0.1) is 6.92 Å². The van der Waals surface area contributed by atoms with Crippen LogP contribution < -0.4 is 10.6 Å². The first kappa shape index (κ1) is 14.6. The number of thiophene rings is 1. The van der Waals surface area contributed by atoms with Gasteiger partial charge in [-0.2, -0.15) is 13.2 Å². The summed E-state index contributed by atoms with van der Waals surface area (Å²) < 4.78 is 38.3. The summed E-state index contributed by atoms with van der Waals surface area (Å²) in [5.41, 5.74) is -0.721. The Kier molecular flexibility index (Phi) is 4.17. The maximum Gasteiger partial charge on any atom is 0.416 e. The van der Waals surface area contributed by atoms with Crippen LogP contribution in [-0.4, -0.2) is 12.0 Å². The van der Waals surface area contributed by atoms with Gasteiger partial charge in [-0.15, -0.1) is 11.3 Å². The molecular weight excluding hydrogens is 287 g/mol.